The second-order valence-electron chi connectivity index (χ2n) is 13.8. The third-order valence-corrected chi connectivity index (χ3v) is 10.6. The SMILES string of the molecule is c1ccc(-c2ccc(-c3cccc(-n4c5ccccc5c5ccc(N(c6ccccc6-c6ccccc6)c6cccc7ccccc67)cc54)c3)cc2)cc1. The van der Waals surface area contributed by atoms with Gasteiger partial charge in [-0.3, -0.25) is 0 Å². The number of anilines is 3. The molecule has 2 heteroatoms. The molecule has 9 aromatic carbocycles. The van der Waals surface area contributed by atoms with Crippen LogP contribution in [0.5, 0.6) is 0 Å². The summed E-state index contributed by atoms with van der Waals surface area (Å²) in [4.78, 5) is 2.44. The van der Waals surface area contributed by atoms with Crippen molar-refractivity contribution in [1.82, 2.24) is 4.57 Å². The number of hydrogen-bond donors (Lipinski definition) is 0. The van der Waals surface area contributed by atoms with Gasteiger partial charge in [-0.25, -0.2) is 0 Å². The van der Waals surface area contributed by atoms with Crippen molar-refractivity contribution in [2.75, 3.05) is 4.90 Å². The zero-order chi connectivity index (χ0) is 35.8. The number of aromatic nitrogens is 1. The number of nitrogens with zero attached hydrogens (tertiary/aromatic N) is 2. The van der Waals surface area contributed by atoms with Gasteiger partial charge in [-0.1, -0.05) is 176 Å². The van der Waals surface area contributed by atoms with E-state index in [1.54, 1.807) is 0 Å². The summed E-state index contributed by atoms with van der Waals surface area (Å²) in [6.45, 7) is 0. The average molecular weight is 689 g/mol. The molecule has 10 aromatic rings. The fourth-order valence-corrected chi connectivity index (χ4v) is 8.03. The van der Waals surface area contributed by atoms with Crippen molar-refractivity contribution < 1.29 is 0 Å². The molecule has 0 spiro atoms. The summed E-state index contributed by atoms with van der Waals surface area (Å²) in [6.07, 6.45) is 0. The van der Waals surface area contributed by atoms with Crippen molar-refractivity contribution in [2.45, 2.75) is 0 Å². The van der Waals surface area contributed by atoms with Crippen molar-refractivity contribution in [2.24, 2.45) is 0 Å². The molecule has 0 N–H and O–H groups in total. The standard InChI is InChI=1S/C52H36N2/c1-3-15-37(16-4-1)38-29-31-39(32-30-38)42-21-13-22-43(35-42)54-51-27-12-10-25-47(51)48-34-33-44(36-52(48)54)53(50-28-14-20-41-19-7-8-23-46(41)50)49-26-11-9-24-45(49)40-17-5-2-6-18-40/h1-36H. The summed E-state index contributed by atoms with van der Waals surface area (Å²) in [7, 11) is 0. The fourth-order valence-electron chi connectivity index (χ4n) is 8.03. The molecule has 0 radical (unpaired) electrons. The van der Waals surface area contributed by atoms with Gasteiger partial charge in [0, 0.05) is 33.1 Å². The highest BCUT2D eigenvalue weighted by atomic mass is 15.1. The first-order valence-corrected chi connectivity index (χ1v) is 18.5. The summed E-state index contributed by atoms with van der Waals surface area (Å²) in [5.41, 5.74) is 14.0. The maximum Gasteiger partial charge on any atom is 0.0561 e. The molecule has 0 saturated carbocycles. The van der Waals surface area contributed by atoms with Crippen LogP contribution in [0, 0.1) is 0 Å². The summed E-state index contributed by atoms with van der Waals surface area (Å²) < 4.78 is 2.43. The van der Waals surface area contributed by atoms with Gasteiger partial charge in [0.05, 0.1) is 22.4 Å². The normalized spacial score (nSPS) is 11.3. The summed E-state index contributed by atoms with van der Waals surface area (Å²) in [5.74, 6) is 0. The van der Waals surface area contributed by atoms with Gasteiger partial charge >= 0.3 is 0 Å². The molecule has 0 bridgehead atoms. The monoisotopic (exact) mass is 688 g/mol. The third-order valence-electron chi connectivity index (χ3n) is 10.6. The van der Waals surface area contributed by atoms with E-state index in [9.17, 15) is 0 Å². The Labute approximate surface area is 315 Å². The Hall–Kier alpha value is -7.16. The van der Waals surface area contributed by atoms with Crippen LogP contribution >= 0.6 is 0 Å². The predicted molar refractivity (Wildman–Crippen MR) is 229 cm³/mol. The molecule has 0 fully saturated rings. The highest BCUT2D eigenvalue weighted by Gasteiger charge is 2.21. The van der Waals surface area contributed by atoms with E-state index >= 15 is 0 Å². The molecule has 254 valence electrons. The minimum absolute atomic E-state index is 1.10. The Balaban J connectivity index is 1.17. The van der Waals surface area contributed by atoms with Gasteiger partial charge in [0.15, 0.2) is 0 Å². The van der Waals surface area contributed by atoms with Gasteiger partial charge in [0.25, 0.3) is 0 Å². The molecule has 0 amide bonds. The number of hydrogen-bond acceptors (Lipinski definition) is 1. The summed E-state index contributed by atoms with van der Waals surface area (Å²) in [5, 5.41) is 4.87. The molecular weight excluding hydrogens is 653 g/mol. The average Bonchev–Trinajstić information content (AvgIpc) is 3.58. The van der Waals surface area contributed by atoms with Crippen LogP contribution in [0.3, 0.4) is 0 Å². The van der Waals surface area contributed by atoms with Gasteiger partial charge in [-0.05, 0) is 75.7 Å². The number of fused-ring (bicyclic) bond motifs is 4. The van der Waals surface area contributed by atoms with Gasteiger partial charge in [0.1, 0.15) is 0 Å². The zero-order valence-corrected chi connectivity index (χ0v) is 29.7. The number of para-hydroxylation sites is 2. The molecular formula is C52H36N2. The maximum absolute atomic E-state index is 2.44. The Morgan fingerprint density at radius 3 is 1.69 bits per heavy atom. The van der Waals surface area contributed by atoms with Crippen molar-refractivity contribution in [3.8, 4) is 39.1 Å². The number of benzene rings is 9. The van der Waals surface area contributed by atoms with E-state index in [4.69, 9.17) is 0 Å². The van der Waals surface area contributed by atoms with E-state index < -0.39 is 0 Å². The van der Waals surface area contributed by atoms with Crippen molar-refractivity contribution in [1.29, 1.82) is 0 Å². The highest BCUT2D eigenvalue weighted by molar-refractivity contribution is 6.11. The molecule has 10 rings (SSSR count). The first kappa shape index (κ1) is 31.6. The molecule has 0 aliphatic rings. The summed E-state index contributed by atoms with van der Waals surface area (Å²) >= 11 is 0. The molecule has 1 aromatic heterocycles. The molecule has 1 heterocycles. The molecule has 0 aliphatic heterocycles. The van der Waals surface area contributed by atoms with E-state index in [1.807, 2.05) is 0 Å². The second kappa shape index (κ2) is 13.4. The quantitative estimate of drug-likeness (QED) is 0.162. The van der Waals surface area contributed by atoms with Crippen LogP contribution in [-0.4, -0.2) is 4.57 Å². The Bertz CT molecular complexity index is 2920. The smallest absolute Gasteiger partial charge is 0.0561 e. The second-order valence-corrected chi connectivity index (χ2v) is 13.8. The van der Waals surface area contributed by atoms with E-state index in [-0.39, 0.29) is 0 Å². The third kappa shape index (κ3) is 5.53. The van der Waals surface area contributed by atoms with Crippen molar-refractivity contribution in [3.05, 3.63) is 218 Å². The van der Waals surface area contributed by atoms with Crippen LogP contribution < -0.4 is 4.90 Å². The minimum Gasteiger partial charge on any atom is -0.309 e. The lowest BCUT2D eigenvalue weighted by Gasteiger charge is -2.29. The molecule has 54 heavy (non-hydrogen) atoms. The zero-order valence-electron chi connectivity index (χ0n) is 29.7. The largest absolute Gasteiger partial charge is 0.309 e. The van der Waals surface area contributed by atoms with Gasteiger partial charge in [0.2, 0.25) is 0 Å². The number of rotatable bonds is 7. The van der Waals surface area contributed by atoms with E-state index in [0.29, 0.717) is 0 Å². The van der Waals surface area contributed by atoms with Crippen LogP contribution in [0.1, 0.15) is 0 Å². The minimum atomic E-state index is 1.10. The Morgan fingerprint density at radius 2 is 0.870 bits per heavy atom. The van der Waals surface area contributed by atoms with Crippen LogP contribution in [0.2, 0.25) is 0 Å². The Kier molecular flexibility index (Phi) is 7.85. The van der Waals surface area contributed by atoms with Gasteiger partial charge in [-0.2, -0.15) is 0 Å². The molecule has 0 saturated heterocycles. The van der Waals surface area contributed by atoms with Crippen LogP contribution in [0.4, 0.5) is 17.1 Å². The first-order chi connectivity index (χ1) is 26.8. The first-order valence-electron chi connectivity index (χ1n) is 18.5. The molecule has 0 aliphatic carbocycles. The van der Waals surface area contributed by atoms with Gasteiger partial charge in [-0.15, -0.1) is 0 Å². The van der Waals surface area contributed by atoms with E-state index in [0.717, 1.165) is 28.3 Å². The van der Waals surface area contributed by atoms with Crippen LogP contribution in [0.15, 0.2) is 218 Å². The lowest BCUT2D eigenvalue weighted by molar-refractivity contribution is 1.18. The predicted octanol–water partition coefficient (Wildman–Crippen LogP) is 14.4. The lowest BCUT2D eigenvalue weighted by atomic mass is 10.00. The van der Waals surface area contributed by atoms with Gasteiger partial charge < -0.3 is 9.47 Å². The van der Waals surface area contributed by atoms with Crippen molar-refractivity contribution >= 4 is 49.6 Å². The highest BCUT2D eigenvalue weighted by Crippen LogP contribution is 2.45. The lowest BCUT2D eigenvalue weighted by Crippen LogP contribution is -2.12. The summed E-state index contributed by atoms with van der Waals surface area (Å²) in [6, 6.07) is 78.9. The maximum atomic E-state index is 2.44. The topological polar surface area (TPSA) is 8.17 Å². The van der Waals surface area contributed by atoms with Crippen LogP contribution in [-0.2, 0) is 0 Å². The van der Waals surface area contributed by atoms with Crippen molar-refractivity contribution in [3.63, 3.8) is 0 Å². The molecule has 2 nitrogen and oxygen atoms in total. The Morgan fingerprint density at radius 1 is 0.315 bits per heavy atom. The van der Waals surface area contributed by atoms with E-state index in [2.05, 4.69) is 228 Å². The van der Waals surface area contributed by atoms with Crippen LogP contribution in [0.25, 0.3) is 71.6 Å². The molecule has 0 unspecified atom stereocenters. The van der Waals surface area contributed by atoms with E-state index in [1.165, 1.54) is 60.4 Å². The fraction of sp³-hybridized carbons (Fsp3) is 0. The molecule has 0 atom stereocenters.